The number of phenols is 1. The number of amides is 1. The van der Waals surface area contributed by atoms with Crippen molar-refractivity contribution in [2.45, 2.75) is 40.5 Å². The predicted octanol–water partition coefficient (Wildman–Crippen LogP) is 5.03. The standard InChI is InChI=1S/C23H29ClN2O3/c1-15-6-7-16(2)21(12-15)29-11-5-10-23(3,4)22(28)26-14-19(25)17-8-9-20(27)18(24)13-17/h6-9,12-13,25,27H,5,10-11,14H2,1-4H3,(H,26,28). The Hall–Kier alpha value is -2.53. The molecule has 0 fully saturated rings. The minimum Gasteiger partial charge on any atom is -0.506 e. The lowest BCUT2D eigenvalue weighted by Crippen LogP contribution is -2.39. The first-order chi connectivity index (χ1) is 13.6. The summed E-state index contributed by atoms with van der Waals surface area (Å²) in [5, 5.41) is 20.6. The number of ether oxygens (including phenoxy) is 1. The van der Waals surface area contributed by atoms with Gasteiger partial charge in [0.05, 0.1) is 23.9 Å². The number of carbonyl (C=O) groups excluding carboxylic acids is 1. The SMILES string of the molecule is Cc1ccc(C)c(OCCCC(C)(C)C(=O)NCC(=N)c2ccc(O)c(Cl)c2)c1. The average Bonchev–Trinajstić information content (AvgIpc) is 2.67. The zero-order chi connectivity index (χ0) is 21.6. The summed E-state index contributed by atoms with van der Waals surface area (Å²) in [5.41, 5.74) is 2.47. The molecule has 0 saturated carbocycles. The second-order valence-corrected chi connectivity index (χ2v) is 8.34. The van der Waals surface area contributed by atoms with Crippen LogP contribution in [-0.2, 0) is 4.79 Å². The third-order valence-electron chi connectivity index (χ3n) is 4.88. The third kappa shape index (κ3) is 6.50. The van der Waals surface area contributed by atoms with Gasteiger partial charge in [0.1, 0.15) is 11.5 Å². The average molecular weight is 417 g/mol. The second-order valence-electron chi connectivity index (χ2n) is 7.93. The van der Waals surface area contributed by atoms with Crippen LogP contribution in [0.5, 0.6) is 11.5 Å². The van der Waals surface area contributed by atoms with Crippen LogP contribution in [0.15, 0.2) is 36.4 Å². The van der Waals surface area contributed by atoms with Gasteiger partial charge >= 0.3 is 0 Å². The number of aromatic hydroxyl groups is 1. The number of carbonyl (C=O) groups is 1. The van der Waals surface area contributed by atoms with Gasteiger partial charge in [-0.15, -0.1) is 0 Å². The summed E-state index contributed by atoms with van der Waals surface area (Å²) in [6, 6.07) is 10.7. The van der Waals surface area contributed by atoms with Crippen LogP contribution in [0.4, 0.5) is 0 Å². The van der Waals surface area contributed by atoms with Gasteiger partial charge in [0.2, 0.25) is 5.91 Å². The van der Waals surface area contributed by atoms with Gasteiger partial charge in [-0.3, -0.25) is 4.79 Å². The Morgan fingerprint density at radius 2 is 1.93 bits per heavy atom. The summed E-state index contributed by atoms with van der Waals surface area (Å²) in [6.45, 7) is 8.47. The normalized spacial score (nSPS) is 11.2. The highest BCUT2D eigenvalue weighted by Gasteiger charge is 2.27. The van der Waals surface area contributed by atoms with Crippen LogP contribution in [0.25, 0.3) is 0 Å². The van der Waals surface area contributed by atoms with E-state index in [4.69, 9.17) is 21.7 Å². The molecule has 0 unspecified atom stereocenters. The number of halogens is 1. The van der Waals surface area contributed by atoms with E-state index >= 15 is 0 Å². The van der Waals surface area contributed by atoms with Crippen molar-refractivity contribution in [3.05, 3.63) is 58.1 Å². The fourth-order valence-electron chi connectivity index (χ4n) is 2.88. The van der Waals surface area contributed by atoms with Crippen molar-refractivity contribution >= 4 is 23.2 Å². The number of hydrogen-bond acceptors (Lipinski definition) is 4. The molecule has 0 radical (unpaired) electrons. The van der Waals surface area contributed by atoms with Gasteiger partial charge in [0, 0.05) is 5.41 Å². The first-order valence-corrected chi connectivity index (χ1v) is 10.0. The molecule has 29 heavy (non-hydrogen) atoms. The van der Waals surface area contributed by atoms with E-state index in [0.29, 0.717) is 18.6 Å². The predicted molar refractivity (Wildman–Crippen MR) is 117 cm³/mol. The zero-order valence-corrected chi connectivity index (χ0v) is 18.2. The number of phenolic OH excluding ortho intramolecular Hbond substituents is 1. The molecule has 0 aliphatic carbocycles. The topological polar surface area (TPSA) is 82.4 Å². The molecule has 5 nitrogen and oxygen atoms in total. The molecule has 0 heterocycles. The molecule has 2 aromatic rings. The Labute approximate surface area is 177 Å². The van der Waals surface area contributed by atoms with Crippen LogP contribution in [-0.4, -0.2) is 29.9 Å². The molecule has 0 aliphatic heterocycles. The number of benzene rings is 2. The number of aryl methyl sites for hydroxylation is 2. The monoisotopic (exact) mass is 416 g/mol. The van der Waals surface area contributed by atoms with Crippen LogP contribution in [0.3, 0.4) is 0 Å². The molecule has 0 bridgehead atoms. The van der Waals surface area contributed by atoms with Gasteiger partial charge < -0.3 is 20.6 Å². The molecule has 0 aromatic heterocycles. The molecule has 3 N–H and O–H groups in total. The Morgan fingerprint density at radius 1 is 1.21 bits per heavy atom. The van der Waals surface area contributed by atoms with Gasteiger partial charge in [-0.25, -0.2) is 0 Å². The van der Waals surface area contributed by atoms with E-state index in [9.17, 15) is 9.90 Å². The number of rotatable bonds is 9. The first-order valence-electron chi connectivity index (χ1n) is 9.65. The van der Waals surface area contributed by atoms with Crippen molar-refractivity contribution in [1.82, 2.24) is 5.32 Å². The summed E-state index contributed by atoms with van der Waals surface area (Å²) in [7, 11) is 0. The smallest absolute Gasteiger partial charge is 0.225 e. The molecular formula is C23H29ClN2O3. The minimum atomic E-state index is -0.572. The lowest BCUT2D eigenvalue weighted by molar-refractivity contribution is -0.129. The van der Waals surface area contributed by atoms with Crippen molar-refractivity contribution in [1.29, 1.82) is 5.41 Å². The maximum atomic E-state index is 12.6. The maximum absolute atomic E-state index is 12.6. The van der Waals surface area contributed by atoms with E-state index in [1.807, 2.05) is 39.8 Å². The molecule has 0 saturated heterocycles. The molecule has 2 aromatic carbocycles. The third-order valence-corrected chi connectivity index (χ3v) is 5.19. The lowest BCUT2D eigenvalue weighted by atomic mass is 9.87. The van der Waals surface area contributed by atoms with E-state index < -0.39 is 5.41 Å². The molecule has 6 heteroatoms. The largest absolute Gasteiger partial charge is 0.506 e. The van der Waals surface area contributed by atoms with Crippen LogP contribution in [0, 0.1) is 24.7 Å². The highest BCUT2D eigenvalue weighted by molar-refractivity contribution is 6.32. The molecule has 0 spiro atoms. The Balaban J connectivity index is 1.80. The molecule has 156 valence electrons. The van der Waals surface area contributed by atoms with Crippen molar-refractivity contribution in [2.24, 2.45) is 5.41 Å². The molecule has 0 atom stereocenters. The van der Waals surface area contributed by atoms with Gasteiger partial charge in [-0.05, 0) is 67.6 Å². The van der Waals surface area contributed by atoms with Gasteiger partial charge in [0.15, 0.2) is 0 Å². The zero-order valence-electron chi connectivity index (χ0n) is 17.4. The molecular weight excluding hydrogens is 388 g/mol. The van der Waals surface area contributed by atoms with Crippen LogP contribution < -0.4 is 10.1 Å². The highest BCUT2D eigenvalue weighted by atomic mass is 35.5. The van der Waals surface area contributed by atoms with Crippen LogP contribution >= 0.6 is 11.6 Å². The molecule has 2 rings (SSSR count). The summed E-state index contributed by atoms with van der Waals surface area (Å²) in [4.78, 5) is 12.6. The van der Waals surface area contributed by atoms with Crippen molar-refractivity contribution in [3.8, 4) is 11.5 Å². The fraction of sp³-hybridized carbons (Fsp3) is 0.391. The number of nitrogens with one attached hydrogen (secondary N) is 2. The molecule has 0 aliphatic rings. The van der Waals surface area contributed by atoms with E-state index in [1.165, 1.54) is 12.1 Å². The highest BCUT2D eigenvalue weighted by Crippen LogP contribution is 2.25. The quantitative estimate of drug-likeness (QED) is 0.396. The Kier molecular flexibility index (Phi) is 7.68. The summed E-state index contributed by atoms with van der Waals surface area (Å²) >= 11 is 5.88. The van der Waals surface area contributed by atoms with E-state index in [-0.39, 0.29) is 28.9 Å². The van der Waals surface area contributed by atoms with E-state index in [1.54, 1.807) is 6.07 Å². The Bertz CT molecular complexity index is 894. The summed E-state index contributed by atoms with van der Waals surface area (Å²) < 4.78 is 5.87. The first kappa shape index (κ1) is 22.8. The van der Waals surface area contributed by atoms with Crippen molar-refractivity contribution < 1.29 is 14.6 Å². The summed E-state index contributed by atoms with van der Waals surface area (Å²) in [5.74, 6) is 0.739. The van der Waals surface area contributed by atoms with Crippen LogP contribution in [0.2, 0.25) is 5.02 Å². The van der Waals surface area contributed by atoms with E-state index in [2.05, 4.69) is 11.4 Å². The summed E-state index contributed by atoms with van der Waals surface area (Å²) in [6.07, 6.45) is 1.42. The minimum absolute atomic E-state index is 0.0311. The van der Waals surface area contributed by atoms with Gasteiger partial charge in [-0.1, -0.05) is 37.6 Å². The van der Waals surface area contributed by atoms with Crippen molar-refractivity contribution in [3.63, 3.8) is 0 Å². The fourth-order valence-corrected chi connectivity index (χ4v) is 3.06. The number of hydrogen-bond donors (Lipinski definition) is 3. The Morgan fingerprint density at radius 3 is 2.62 bits per heavy atom. The van der Waals surface area contributed by atoms with Crippen LogP contribution in [0.1, 0.15) is 43.4 Å². The van der Waals surface area contributed by atoms with Crippen molar-refractivity contribution in [2.75, 3.05) is 13.2 Å². The van der Waals surface area contributed by atoms with Gasteiger partial charge in [-0.2, -0.15) is 0 Å². The second kappa shape index (κ2) is 9.79. The van der Waals surface area contributed by atoms with Gasteiger partial charge in [0.25, 0.3) is 0 Å². The molecule has 1 amide bonds. The van der Waals surface area contributed by atoms with E-state index in [0.717, 1.165) is 23.3 Å². The maximum Gasteiger partial charge on any atom is 0.225 e. The lowest BCUT2D eigenvalue weighted by Gasteiger charge is -2.24.